The van der Waals surface area contributed by atoms with Crippen LogP contribution in [-0.4, -0.2) is 45.3 Å². The summed E-state index contributed by atoms with van der Waals surface area (Å²) in [5, 5.41) is 0. The standard InChI is InChI=1S/C12H22O4S/c1-14-7-8-15-5-2-6-16-11(13)9-12(10-17)3-4-12/h17H,2-10H2,1H3. The molecule has 1 rings (SSSR count). The normalized spacial score (nSPS) is 16.8. The van der Waals surface area contributed by atoms with Crippen molar-refractivity contribution >= 4 is 18.6 Å². The molecule has 4 nitrogen and oxygen atoms in total. The van der Waals surface area contributed by atoms with E-state index in [-0.39, 0.29) is 11.4 Å². The number of esters is 1. The Bertz CT molecular complexity index is 229. The predicted molar refractivity (Wildman–Crippen MR) is 68.4 cm³/mol. The van der Waals surface area contributed by atoms with Crippen LogP contribution >= 0.6 is 12.6 Å². The first-order chi connectivity index (χ1) is 8.22. The van der Waals surface area contributed by atoms with Crippen molar-refractivity contribution in [1.82, 2.24) is 0 Å². The lowest BCUT2D eigenvalue weighted by Gasteiger charge is -2.11. The van der Waals surface area contributed by atoms with Crippen molar-refractivity contribution in [3.63, 3.8) is 0 Å². The van der Waals surface area contributed by atoms with E-state index in [1.807, 2.05) is 0 Å². The van der Waals surface area contributed by atoms with Gasteiger partial charge in [0.05, 0.1) is 26.2 Å². The monoisotopic (exact) mass is 262 g/mol. The van der Waals surface area contributed by atoms with Gasteiger partial charge in [-0.05, 0) is 24.0 Å². The molecule has 100 valence electrons. The Morgan fingerprint density at radius 2 is 2.00 bits per heavy atom. The molecule has 0 unspecified atom stereocenters. The van der Waals surface area contributed by atoms with Gasteiger partial charge in [0.15, 0.2) is 0 Å². The number of thiol groups is 1. The summed E-state index contributed by atoms with van der Waals surface area (Å²) in [6.07, 6.45) is 3.46. The fourth-order valence-corrected chi connectivity index (χ4v) is 1.94. The van der Waals surface area contributed by atoms with Crippen molar-refractivity contribution in [2.75, 3.05) is 39.3 Å². The van der Waals surface area contributed by atoms with Crippen LogP contribution in [0.15, 0.2) is 0 Å². The largest absolute Gasteiger partial charge is 0.466 e. The maximum atomic E-state index is 11.5. The zero-order valence-corrected chi connectivity index (χ0v) is 11.3. The molecule has 0 amide bonds. The Labute approximate surface area is 108 Å². The second-order valence-electron chi connectivity index (χ2n) is 4.51. The maximum absolute atomic E-state index is 11.5. The zero-order chi connectivity index (χ0) is 12.6. The van der Waals surface area contributed by atoms with Crippen LogP contribution in [0.25, 0.3) is 0 Å². The second kappa shape index (κ2) is 7.95. The van der Waals surface area contributed by atoms with Crippen LogP contribution in [-0.2, 0) is 19.0 Å². The number of carbonyl (C=O) groups excluding carboxylic acids is 1. The molecule has 0 aromatic carbocycles. The number of rotatable bonds is 10. The van der Waals surface area contributed by atoms with E-state index in [9.17, 15) is 4.79 Å². The van der Waals surface area contributed by atoms with Crippen LogP contribution in [0, 0.1) is 5.41 Å². The highest BCUT2D eigenvalue weighted by Crippen LogP contribution is 2.49. The summed E-state index contributed by atoms with van der Waals surface area (Å²) < 4.78 is 15.2. The van der Waals surface area contributed by atoms with E-state index in [1.54, 1.807) is 7.11 Å². The number of methoxy groups -OCH3 is 1. The van der Waals surface area contributed by atoms with Gasteiger partial charge < -0.3 is 14.2 Å². The van der Waals surface area contributed by atoms with E-state index in [0.717, 1.165) is 25.0 Å². The van der Waals surface area contributed by atoms with Crippen molar-refractivity contribution in [1.29, 1.82) is 0 Å². The lowest BCUT2D eigenvalue weighted by atomic mass is 10.1. The summed E-state index contributed by atoms with van der Waals surface area (Å²) >= 11 is 4.26. The van der Waals surface area contributed by atoms with E-state index in [1.165, 1.54) is 0 Å². The third-order valence-corrected chi connectivity index (χ3v) is 3.61. The Morgan fingerprint density at radius 3 is 2.59 bits per heavy atom. The van der Waals surface area contributed by atoms with Crippen LogP contribution < -0.4 is 0 Å². The molecule has 0 N–H and O–H groups in total. The first-order valence-electron chi connectivity index (χ1n) is 6.06. The molecule has 5 heteroatoms. The summed E-state index contributed by atoms with van der Waals surface area (Å²) in [4.78, 5) is 11.5. The molecule has 0 saturated heterocycles. The average Bonchev–Trinajstić information content (AvgIpc) is 3.08. The second-order valence-corrected chi connectivity index (χ2v) is 4.83. The Kier molecular flexibility index (Phi) is 6.92. The Morgan fingerprint density at radius 1 is 1.24 bits per heavy atom. The minimum atomic E-state index is -0.103. The van der Waals surface area contributed by atoms with Crippen molar-refractivity contribution in [2.45, 2.75) is 25.7 Å². The SMILES string of the molecule is COCCOCCCOC(=O)CC1(CS)CC1. The molecular formula is C12H22O4S. The van der Waals surface area contributed by atoms with Crippen molar-refractivity contribution in [3.8, 4) is 0 Å². The van der Waals surface area contributed by atoms with Gasteiger partial charge in [0.1, 0.15) is 0 Å². The number of hydrogen-bond acceptors (Lipinski definition) is 5. The lowest BCUT2D eigenvalue weighted by molar-refractivity contribution is -0.145. The molecule has 0 heterocycles. The van der Waals surface area contributed by atoms with Crippen molar-refractivity contribution in [2.24, 2.45) is 5.41 Å². The van der Waals surface area contributed by atoms with E-state index in [4.69, 9.17) is 14.2 Å². The molecule has 0 bridgehead atoms. The average molecular weight is 262 g/mol. The molecule has 1 aliphatic rings. The predicted octanol–water partition coefficient (Wildman–Crippen LogP) is 1.68. The minimum absolute atomic E-state index is 0.103. The molecule has 0 spiro atoms. The number of hydrogen-bond donors (Lipinski definition) is 1. The summed E-state index contributed by atoms with van der Waals surface area (Å²) in [7, 11) is 1.64. The van der Waals surface area contributed by atoms with Crippen molar-refractivity contribution in [3.05, 3.63) is 0 Å². The summed E-state index contributed by atoms with van der Waals surface area (Å²) in [6, 6.07) is 0. The fraction of sp³-hybridized carbons (Fsp3) is 0.917. The first kappa shape index (κ1) is 14.8. The molecule has 17 heavy (non-hydrogen) atoms. The molecular weight excluding hydrogens is 240 g/mol. The maximum Gasteiger partial charge on any atom is 0.306 e. The minimum Gasteiger partial charge on any atom is -0.466 e. The van der Waals surface area contributed by atoms with Crippen LogP contribution in [0.4, 0.5) is 0 Å². The molecule has 0 radical (unpaired) electrons. The molecule has 0 atom stereocenters. The van der Waals surface area contributed by atoms with Gasteiger partial charge in [0.25, 0.3) is 0 Å². The third-order valence-electron chi connectivity index (χ3n) is 2.94. The molecule has 0 aliphatic heterocycles. The van der Waals surface area contributed by atoms with E-state index in [0.29, 0.717) is 32.8 Å². The molecule has 1 fully saturated rings. The van der Waals surface area contributed by atoms with Gasteiger partial charge in [-0.3, -0.25) is 4.79 Å². The van der Waals surface area contributed by atoms with Crippen molar-refractivity contribution < 1.29 is 19.0 Å². The highest BCUT2D eigenvalue weighted by molar-refractivity contribution is 7.80. The highest BCUT2D eigenvalue weighted by atomic mass is 32.1. The quantitative estimate of drug-likeness (QED) is 0.370. The van der Waals surface area contributed by atoms with Crippen LogP contribution in [0.1, 0.15) is 25.7 Å². The van der Waals surface area contributed by atoms with E-state index < -0.39 is 0 Å². The Hall–Kier alpha value is -0.260. The summed E-state index contributed by atoms with van der Waals surface area (Å²) in [6.45, 7) is 2.24. The van der Waals surface area contributed by atoms with Gasteiger partial charge in [-0.25, -0.2) is 0 Å². The molecule has 1 aliphatic carbocycles. The highest BCUT2D eigenvalue weighted by Gasteiger charge is 2.43. The third kappa shape index (κ3) is 6.29. The summed E-state index contributed by atoms with van der Waals surface area (Å²) in [5.74, 6) is 0.677. The van der Waals surface area contributed by atoms with Gasteiger partial charge in [-0.1, -0.05) is 0 Å². The topological polar surface area (TPSA) is 44.8 Å². The van der Waals surface area contributed by atoms with Gasteiger partial charge in [0.2, 0.25) is 0 Å². The molecule has 1 saturated carbocycles. The number of ether oxygens (including phenoxy) is 3. The van der Waals surface area contributed by atoms with Gasteiger partial charge in [-0.15, -0.1) is 0 Å². The molecule has 0 aromatic heterocycles. The Balaban J connectivity index is 1.90. The van der Waals surface area contributed by atoms with Gasteiger partial charge in [0, 0.05) is 20.1 Å². The van der Waals surface area contributed by atoms with Crippen LogP contribution in [0.3, 0.4) is 0 Å². The number of carbonyl (C=O) groups is 1. The van der Waals surface area contributed by atoms with Crippen LogP contribution in [0.2, 0.25) is 0 Å². The summed E-state index contributed by atoms with van der Waals surface area (Å²) in [5.41, 5.74) is 0.148. The first-order valence-corrected chi connectivity index (χ1v) is 6.69. The molecule has 0 aromatic rings. The zero-order valence-electron chi connectivity index (χ0n) is 10.4. The smallest absolute Gasteiger partial charge is 0.306 e. The lowest BCUT2D eigenvalue weighted by Crippen LogP contribution is -2.15. The van der Waals surface area contributed by atoms with E-state index in [2.05, 4.69) is 12.6 Å². The van der Waals surface area contributed by atoms with Gasteiger partial charge in [-0.2, -0.15) is 12.6 Å². The fourth-order valence-electron chi connectivity index (χ4n) is 1.52. The van der Waals surface area contributed by atoms with E-state index >= 15 is 0 Å². The van der Waals surface area contributed by atoms with Crippen LogP contribution in [0.5, 0.6) is 0 Å². The van der Waals surface area contributed by atoms with Gasteiger partial charge >= 0.3 is 5.97 Å².